The second-order valence-electron chi connectivity index (χ2n) is 5.42. The first-order valence-corrected chi connectivity index (χ1v) is 7.20. The molecule has 0 saturated carbocycles. The van der Waals surface area contributed by atoms with Gasteiger partial charge in [-0.25, -0.2) is 0 Å². The number of allylic oxidation sites excluding steroid dienone is 2. The third kappa shape index (κ3) is 5.55. The summed E-state index contributed by atoms with van der Waals surface area (Å²) in [6.07, 6.45) is 3.14. The van der Waals surface area contributed by atoms with Gasteiger partial charge in [0.25, 0.3) is 0 Å². The quantitative estimate of drug-likeness (QED) is 0.745. The van der Waals surface area contributed by atoms with Gasteiger partial charge in [-0.1, -0.05) is 6.92 Å². The Hall–Kier alpha value is -1.64. The van der Waals surface area contributed by atoms with Gasteiger partial charge < -0.3 is 14.6 Å². The first-order chi connectivity index (χ1) is 9.42. The number of rotatable bonds is 7. The van der Waals surface area contributed by atoms with Crippen molar-refractivity contribution in [3.8, 4) is 11.5 Å². The van der Waals surface area contributed by atoms with E-state index in [9.17, 15) is 5.11 Å². The summed E-state index contributed by atoms with van der Waals surface area (Å²) >= 11 is 0. The Morgan fingerprint density at radius 2 is 1.75 bits per heavy atom. The Kier molecular flexibility index (Phi) is 6.43. The normalized spacial score (nSPS) is 15.0. The van der Waals surface area contributed by atoms with Gasteiger partial charge in [-0.15, -0.1) is 0 Å². The highest BCUT2D eigenvalue weighted by atomic mass is 16.5. The van der Waals surface area contributed by atoms with Gasteiger partial charge in [-0.05, 0) is 64.0 Å². The lowest BCUT2D eigenvalue weighted by atomic mass is 10.0. The summed E-state index contributed by atoms with van der Waals surface area (Å²) in [7, 11) is 0. The SMILES string of the molecule is C/C=C(/CC(C)C(C)Oc1ccc(O)cc1)OC(C)C. The smallest absolute Gasteiger partial charge is 0.119 e. The van der Waals surface area contributed by atoms with Crippen LogP contribution in [0.15, 0.2) is 36.1 Å². The minimum absolute atomic E-state index is 0.0743. The highest BCUT2D eigenvalue weighted by Crippen LogP contribution is 2.23. The lowest BCUT2D eigenvalue weighted by Gasteiger charge is -2.23. The molecule has 1 rings (SSSR count). The van der Waals surface area contributed by atoms with E-state index in [0.717, 1.165) is 17.9 Å². The highest BCUT2D eigenvalue weighted by molar-refractivity contribution is 5.30. The molecule has 0 radical (unpaired) electrons. The minimum atomic E-state index is 0.0743. The summed E-state index contributed by atoms with van der Waals surface area (Å²) in [6, 6.07) is 6.82. The number of ether oxygens (including phenoxy) is 2. The molecule has 20 heavy (non-hydrogen) atoms. The van der Waals surface area contributed by atoms with Gasteiger partial charge in [0.2, 0.25) is 0 Å². The first kappa shape index (κ1) is 16.4. The third-order valence-electron chi connectivity index (χ3n) is 3.19. The maximum absolute atomic E-state index is 9.26. The zero-order valence-corrected chi connectivity index (χ0v) is 13.1. The van der Waals surface area contributed by atoms with Crippen molar-refractivity contribution in [1.29, 1.82) is 0 Å². The Labute approximate surface area is 122 Å². The second-order valence-corrected chi connectivity index (χ2v) is 5.42. The summed E-state index contributed by atoms with van der Waals surface area (Å²) in [4.78, 5) is 0. The van der Waals surface area contributed by atoms with E-state index in [0.29, 0.717) is 5.92 Å². The molecule has 2 atom stereocenters. The third-order valence-corrected chi connectivity index (χ3v) is 3.19. The summed E-state index contributed by atoms with van der Waals surface area (Å²) in [5, 5.41) is 9.26. The van der Waals surface area contributed by atoms with Crippen LogP contribution in [0.2, 0.25) is 0 Å². The van der Waals surface area contributed by atoms with Crippen molar-refractivity contribution in [2.24, 2.45) is 5.92 Å². The zero-order chi connectivity index (χ0) is 15.1. The number of phenolic OH excluding ortho intramolecular Hbond substituents is 1. The summed E-state index contributed by atoms with van der Waals surface area (Å²) in [5.74, 6) is 2.37. The molecule has 0 amide bonds. The van der Waals surface area contributed by atoms with Gasteiger partial charge in [0.15, 0.2) is 0 Å². The molecule has 3 nitrogen and oxygen atoms in total. The van der Waals surface area contributed by atoms with Crippen molar-refractivity contribution in [1.82, 2.24) is 0 Å². The fourth-order valence-corrected chi connectivity index (χ4v) is 1.88. The molecule has 0 bridgehead atoms. The van der Waals surface area contributed by atoms with Crippen LogP contribution in [0, 0.1) is 5.92 Å². The second kappa shape index (κ2) is 7.83. The maximum atomic E-state index is 9.26. The summed E-state index contributed by atoms with van der Waals surface area (Å²) in [5.41, 5.74) is 0. The van der Waals surface area contributed by atoms with Gasteiger partial charge in [0.05, 0.1) is 18.0 Å². The van der Waals surface area contributed by atoms with E-state index in [4.69, 9.17) is 9.47 Å². The first-order valence-electron chi connectivity index (χ1n) is 7.20. The number of hydrogen-bond donors (Lipinski definition) is 1. The Morgan fingerprint density at radius 3 is 2.25 bits per heavy atom. The molecule has 1 aromatic carbocycles. The highest BCUT2D eigenvalue weighted by Gasteiger charge is 2.16. The molecule has 1 N–H and O–H groups in total. The minimum Gasteiger partial charge on any atom is -0.508 e. The van der Waals surface area contributed by atoms with E-state index >= 15 is 0 Å². The molecule has 0 aliphatic rings. The van der Waals surface area contributed by atoms with Crippen LogP contribution < -0.4 is 4.74 Å². The molecule has 0 heterocycles. The number of hydrogen-bond acceptors (Lipinski definition) is 3. The molecule has 0 aliphatic carbocycles. The molecule has 3 heteroatoms. The Balaban J connectivity index is 2.53. The molecule has 0 aromatic heterocycles. The van der Waals surface area contributed by atoms with E-state index in [1.165, 1.54) is 0 Å². The van der Waals surface area contributed by atoms with Crippen LogP contribution >= 0.6 is 0 Å². The fourth-order valence-electron chi connectivity index (χ4n) is 1.88. The van der Waals surface area contributed by atoms with Crippen LogP contribution in [0.1, 0.15) is 41.0 Å². The van der Waals surface area contributed by atoms with Crippen molar-refractivity contribution in [2.75, 3.05) is 0 Å². The molecule has 2 unspecified atom stereocenters. The molecular formula is C17H26O3. The fraction of sp³-hybridized carbons (Fsp3) is 0.529. The van der Waals surface area contributed by atoms with Gasteiger partial charge >= 0.3 is 0 Å². The molecule has 0 saturated heterocycles. The van der Waals surface area contributed by atoms with Crippen LogP contribution in [0.25, 0.3) is 0 Å². The van der Waals surface area contributed by atoms with Crippen molar-refractivity contribution in [3.63, 3.8) is 0 Å². The van der Waals surface area contributed by atoms with Gasteiger partial charge in [0.1, 0.15) is 11.5 Å². The summed E-state index contributed by atoms with van der Waals surface area (Å²) in [6.45, 7) is 10.3. The number of phenols is 1. The van der Waals surface area contributed by atoms with Crippen molar-refractivity contribution >= 4 is 0 Å². The van der Waals surface area contributed by atoms with Crippen molar-refractivity contribution in [2.45, 2.75) is 53.2 Å². The van der Waals surface area contributed by atoms with Crippen LogP contribution in [0.5, 0.6) is 11.5 Å². The topological polar surface area (TPSA) is 38.7 Å². The van der Waals surface area contributed by atoms with Crippen molar-refractivity contribution < 1.29 is 14.6 Å². The van der Waals surface area contributed by atoms with E-state index in [1.54, 1.807) is 24.3 Å². The van der Waals surface area contributed by atoms with E-state index in [-0.39, 0.29) is 18.0 Å². The van der Waals surface area contributed by atoms with Gasteiger partial charge in [0, 0.05) is 6.42 Å². The predicted octanol–water partition coefficient (Wildman–Crippen LogP) is 4.51. The van der Waals surface area contributed by atoms with E-state index < -0.39 is 0 Å². The standard InChI is InChI=1S/C17H26O3/c1-6-16(19-12(2)3)11-13(4)14(5)20-17-9-7-15(18)8-10-17/h6-10,12-14,18H,11H2,1-5H3/b16-6-. The Bertz CT molecular complexity index is 420. The van der Waals surface area contributed by atoms with Crippen LogP contribution in [-0.4, -0.2) is 17.3 Å². The average molecular weight is 278 g/mol. The molecule has 0 fully saturated rings. The van der Waals surface area contributed by atoms with Crippen LogP contribution in [0.4, 0.5) is 0 Å². The largest absolute Gasteiger partial charge is 0.508 e. The van der Waals surface area contributed by atoms with Crippen molar-refractivity contribution in [3.05, 3.63) is 36.1 Å². The van der Waals surface area contributed by atoms with Crippen LogP contribution in [-0.2, 0) is 4.74 Å². The molecular weight excluding hydrogens is 252 g/mol. The monoisotopic (exact) mass is 278 g/mol. The number of aromatic hydroxyl groups is 1. The van der Waals surface area contributed by atoms with E-state index in [1.807, 2.05) is 26.8 Å². The predicted molar refractivity (Wildman–Crippen MR) is 82.0 cm³/mol. The van der Waals surface area contributed by atoms with E-state index in [2.05, 4.69) is 13.8 Å². The van der Waals surface area contributed by atoms with Gasteiger partial charge in [-0.3, -0.25) is 0 Å². The summed E-state index contributed by atoms with van der Waals surface area (Å²) < 4.78 is 11.6. The van der Waals surface area contributed by atoms with Gasteiger partial charge in [-0.2, -0.15) is 0 Å². The zero-order valence-electron chi connectivity index (χ0n) is 13.1. The lowest BCUT2D eigenvalue weighted by molar-refractivity contribution is 0.107. The molecule has 0 spiro atoms. The Morgan fingerprint density at radius 1 is 1.15 bits per heavy atom. The molecule has 112 valence electrons. The average Bonchev–Trinajstić information content (AvgIpc) is 2.39. The van der Waals surface area contributed by atoms with Crippen LogP contribution in [0.3, 0.4) is 0 Å². The number of benzene rings is 1. The lowest BCUT2D eigenvalue weighted by Crippen LogP contribution is -2.22. The molecule has 0 aliphatic heterocycles. The maximum Gasteiger partial charge on any atom is 0.119 e. The molecule has 1 aromatic rings.